The minimum Gasteiger partial charge on any atom is -0.495 e. The number of pyridine rings is 1. The van der Waals surface area contributed by atoms with E-state index in [1.54, 1.807) is 36.7 Å². The molecule has 3 heterocycles. The van der Waals surface area contributed by atoms with Crippen LogP contribution in [0.5, 0.6) is 5.75 Å². The third-order valence-electron chi connectivity index (χ3n) is 4.42. The molecule has 1 N–H and O–H groups in total. The van der Waals surface area contributed by atoms with Gasteiger partial charge in [-0.2, -0.15) is 0 Å². The van der Waals surface area contributed by atoms with Gasteiger partial charge in [-0.15, -0.1) is 11.3 Å². The molecule has 1 aliphatic rings. The molecule has 1 aromatic carbocycles. The lowest BCUT2D eigenvalue weighted by Crippen LogP contribution is -2.32. The summed E-state index contributed by atoms with van der Waals surface area (Å²) in [6.07, 6.45) is 3.28. The van der Waals surface area contributed by atoms with Gasteiger partial charge in [-0.25, -0.2) is 0 Å². The van der Waals surface area contributed by atoms with Crippen LogP contribution in [0, 0.1) is 0 Å². The maximum absolute atomic E-state index is 13.1. The number of aromatic nitrogens is 1. The topological polar surface area (TPSA) is 71.5 Å². The first-order valence-electron chi connectivity index (χ1n) is 8.72. The number of carbonyl (C=O) groups excluding carboxylic acids is 2. The minimum atomic E-state index is -0.394. The van der Waals surface area contributed by atoms with Crippen LogP contribution < -0.4 is 10.1 Å². The van der Waals surface area contributed by atoms with Gasteiger partial charge in [0.05, 0.1) is 24.3 Å². The number of nitrogens with one attached hydrogen (secondary N) is 1. The number of thiophene rings is 1. The highest BCUT2D eigenvalue weighted by atomic mass is 35.5. The molecule has 0 saturated carbocycles. The SMILES string of the molecule is COc1ccc(NC2=C(c3cccs3)C(=O)N(Cc3cccnc3)C2=O)cc1Cl. The van der Waals surface area contributed by atoms with Crippen LogP contribution in [0.4, 0.5) is 5.69 Å². The molecule has 2 amide bonds. The second-order valence-electron chi connectivity index (χ2n) is 6.26. The van der Waals surface area contributed by atoms with Crippen molar-refractivity contribution in [1.29, 1.82) is 0 Å². The fourth-order valence-electron chi connectivity index (χ4n) is 3.05. The molecular formula is C21H16ClN3O3S. The van der Waals surface area contributed by atoms with Gasteiger partial charge in [-0.3, -0.25) is 19.5 Å². The molecule has 1 aliphatic heterocycles. The van der Waals surface area contributed by atoms with Crippen molar-refractivity contribution in [3.8, 4) is 5.75 Å². The highest BCUT2D eigenvalue weighted by Gasteiger charge is 2.39. The predicted octanol–water partition coefficient (Wildman–Crippen LogP) is 4.20. The summed E-state index contributed by atoms with van der Waals surface area (Å²) in [6, 6.07) is 12.4. The zero-order valence-electron chi connectivity index (χ0n) is 15.4. The molecular weight excluding hydrogens is 410 g/mol. The number of imide groups is 1. The van der Waals surface area contributed by atoms with Gasteiger partial charge < -0.3 is 10.1 Å². The van der Waals surface area contributed by atoms with Gasteiger partial charge in [0.2, 0.25) is 0 Å². The van der Waals surface area contributed by atoms with Gasteiger partial charge in [-0.05, 0) is 41.3 Å². The van der Waals surface area contributed by atoms with Crippen molar-refractivity contribution in [2.75, 3.05) is 12.4 Å². The van der Waals surface area contributed by atoms with E-state index >= 15 is 0 Å². The zero-order valence-corrected chi connectivity index (χ0v) is 17.0. The van der Waals surface area contributed by atoms with Crippen molar-refractivity contribution in [3.05, 3.63) is 81.4 Å². The fourth-order valence-corrected chi connectivity index (χ4v) is 4.07. The number of anilines is 1. The number of ether oxygens (including phenoxy) is 1. The molecule has 0 saturated heterocycles. The van der Waals surface area contributed by atoms with Crippen LogP contribution in [0.1, 0.15) is 10.4 Å². The number of benzene rings is 1. The molecule has 0 unspecified atom stereocenters. The lowest BCUT2D eigenvalue weighted by molar-refractivity contribution is -0.137. The predicted molar refractivity (Wildman–Crippen MR) is 113 cm³/mol. The van der Waals surface area contributed by atoms with Crippen LogP contribution in [-0.4, -0.2) is 28.8 Å². The van der Waals surface area contributed by atoms with E-state index < -0.39 is 5.91 Å². The highest BCUT2D eigenvalue weighted by molar-refractivity contribution is 7.11. The lowest BCUT2D eigenvalue weighted by atomic mass is 10.2. The van der Waals surface area contributed by atoms with E-state index in [9.17, 15) is 9.59 Å². The number of halogens is 1. The number of methoxy groups -OCH3 is 1. The summed E-state index contributed by atoms with van der Waals surface area (Å²) in [6.45, 7) is 0.148. The summed E-state index contributed by atoms with van der Waals surface area (Å²) >= 11 is 7.61. The molecule has 146 valence electrons. The van der Waals surface area contributed by atoms with E-state index in [0.29, 0.717) is 22.0 Å². The van der Waals surface area contributed by atoms with E-state index in [4.69, 9.17) is 16.3 Å². The summed E-state index contributed by atoms with van der Waals surface area (Å²) in [4.78, 5) is 32.3. The fraction of sp³-hybridized carbons (Fsp3) is 0.0952. The van der Waals surface area contributed by atoms with Gasteiger partial charge in [0.15, 0.2) is 0 Å². The Morgan fingerprint density at radius 3 is 2.69 bits per heavy atom. The van der Waals surface area contributed by atoms with Crippen molar-refractivity contribution >= 4 is 46.0 Å². The summed E-state index contributed by atoms with van der Waals surface area (Å²) in [5.74, 6) is -0.214. The number of carbonyl (C=O) groups is 2. The van der Waals surface area contributed by atoms with E-state index in [1.165, 1.54) is 23.3 Å². The lowest BCUT2D eigenvalue weighted by Gasteiger charge is -2.15. The van der Waals surface area contributed by atoms with Gasteiger partial charge >= 0.3 is 0 Å². The Balaban J connectivity index is 1.70. The number of amides is 2. The number of hydrogen-bond acceptors (Lipinski definition) is 6. The molecule has 3 aromatic rings. The Morgan fingerprint density at radius 1 is 1.17 bits per heavy atom. The van der Waals surface area contributed by atoms with Crippen LogP contribution in [0.3, 0.4) is 0 Å². The van der Waals surface area contributed by atoms with Crippen molar-refractivity contribution in [1.82, 2.24) is 9.88 Å². The van der Waals surface area contributed by atoms with Crippen LogP contribution in [0.2, 0.25) is 5.02 Å². The molecule has 0 atom stereocenters. The molecule has 6 nitrogen and oxygen atoms in total. The first-order chi connectivity index (χ1) is 14.1. The molecule has 0 aliphatic carbocycles. The Morgan fingerprint density at radius 2 is 2.03 bits per heavy atom. The normalized spacial score (nSPS) is 13.9. The molecule has 29 heavy (non-hydrogen) atoms. The van der Waals surface area contributed by atoms with Crippen LogP contribution in [0.25, 0.3) is 5.57 Å². The smallest absolute Gasteiger partial charge is 0.278 e. The van der Waals surface area contributed by atoms with Crippen LogP contribution in [-0.2, 0) is 16.1 Å². The highest BCUT2D eigenvalue weighted by Crippen LogP contribution is 2.35. The summed E-state index contributed by atoms with van der Waals surface area (Å²) in [5.41, 5.74) is 1.93. The maximum Gasteiger partial charge on any atom is 0.278 e. The second-order valence-corrected chi connectivity index (χ2v) is 7.61. The molecule has 8 heteroatoms. The Labute approximate surface area is 176 Å². The van der Waals surface area contributed by atoms with E-state index in [2.05, 4.69) is 10.3 Å². The first-order valence-corrected chi connectivity index (χ1v) is 9.98. The second kappa shape index (κ2) is 8.06. The van der Waals surface area contributed by atoms with Crippen molar-refractivity contribution in [3.63, 3.8) is 0 Å². The average molecular weight is 426 g/mol. The van der Waals surface area contributed by atoms with Crippen molar-refractivity contribution < 1.29 is 14.3 Å². The largest absolute Gasteiger partial charge is 0.495 e. The molecule has 0 radical (unpaired) electrons. The van der Waals surface area contributed by atoms with Crippen molar-refractivity contribution in [2.45, 2.75) is 6.54 Å². The average Bonchev–Trinajstić information content (AvgIpc) is 3.32. The molecule has 2 aromatic heterocycles. The Kier molecular flexibility index (Phi) is 5.33. The van der Waals surface area contributed by atoms with Gasteiger partial charge in [0.25, 0.3) is 11.8 Å². The molecule has 0 bridgehead atoms. The maximum atomic E-state index is 13.1. The number of nitrogens with zero attached hydrogens (tertiary/aromatic N) is 2. The number of hydrogen-bond donors (Lipinski definition) is 1. The van der Waals surface area contributed by atoms with Gasteiger partial charge in [-0.1, -0.05) is 23.7 Å². The summed E-state index contributed by atoms with van der Waals surface area (Å²) in [5, 5.41) is 5.36. The van der Waals surface area contributed by atoms with Gasteiger partial charge in [0, 0.05) is 23.0 Å². The zero-order chi connectivity index (χ0) is 20.4. The van der Waals surface area contributed by atoms with E-state index in [-0.39, 0.29) is 18.1 Å². The standard InChI is InChI=1S/C21H16ClN3O3S/c1-28-16-7-6-14(10-15(16)22)24-19-18(17-5-3-9-29-17)20(26)25(21(19)27)12-13-4-2-8-23-11-13/h2-11,24H,12H2,1H3. The third kappa shape index (κ3) is 3.74. The first kappa shape index (κ1) is 19.2. The quantitative estimate of drug-likeness (QED) is 0.599. The monoisotopic (exact) mass is 425 g/mol. The molecule has 0 spiro atoms. The molecule has 0 fully saturated rings. The Hall–Kier alpha value is -3.16. The minimum absolute atomic E-state index is 0.148. The molecule has 4 rings (SSSR count). The Bertz CT molecular complexity index is 1100. The van der Waals surface area contributed by atoms with E-state index in [0.717, 1.165) is 10.4 Å². The van der Waals surface area contributed by atoms with Gasteiger partial charge in [0.1, 0.15) is 11.4 Å². The summed E-state index contributed by atoms with van der Waals surface area (Å²) < 4.78 is 5.17. The third-order valence-corrected chi connectivity index (χ3v) is 5.60. The summed E-state index contributed by atoms with van der Waals surface area (Å²) in [7, 11) is 1.53. The van der Waals surface area contributed by atoms with E-state index in [1.807, 2.05) is 23.6 Å². The van der Waals surface area contributed by atoms with Crippen LogP contribution in [0.15, 0.2) is 65.9 Å². The van der Waals surface area contributed by atoms with Crippen LogP contribution >= 0.6 is 22.9 Å². The number of rotatable bonds is 6. The van der Waals surface area contributed by atoms with Crippen molar-refractivity contribution in [2.24, 2.45) is 0 Å².